The molecule has 2 aliphatic heterocycles. The number of nitrogens with zero attached hydrogens (tertiary/aromatic N) is 3. The quantitative estimate of drug-likeness (QED) is 0.319. The maximum Gasteiger partial charge on any atom is 0.283 e. The van der Waals surface area contributed by atoms with Crippen LogP contribution in [-0.2, 0) is 11.2 Å². The van der Waals surface area contributed by atoms with Gasteiger partial charge in [-0.15, -0.1) is 0 Å². The molecule has 2 aromatic carbocycles. The Bertz CT molecular complexity index is 1300. The Balaban J connectivity index is 1.42. The Morgan fingerprint density at radius 3 is 2.62 bits per heavy atom. The highest BCUT2D eigenvalue weighted by Gasteiger charge is 2.35. The van der Waals surface area contributed by atoms with Crippen molar-refractivity contribution in [3.8, 4) is 17.2 Å². The molecular weight excluding hydrogens is 488 g/mol. The third kappa shape index (κ3) is 6.40. The predicted octanol–water partition coefficient (Wildman–Crippen LogP) is 5.69. The highest BCUT2D eigenvalue weighted by Crippen LogP contribution is 2.32. The fourth-order valence-corrected chi connectivity index (χ4v) is 5.04. The van der Waals surface area contributed by atoms with Crippen LogP contribution in [0.3, 0.4) is 0 Å². The smallest absolute Gasteiger partial charge is 0.283 e. The monoisotopic (exact) mass is 520 g/mol. The summed E-state index contributed by atoms with van der Waals surface area (Å²) in [5.74, 6) is 1.90. The summed E-state index contributed by atoms with van der Waals surface area (Å²) in [6.07, 6.45) is 3.36. The van der Waals surface area contributed by atoms with Gasteiger partial charge in [0.1, 0.15) is 24.0 Å². The van der Waals surface area contributed by atoms with Gasteiger partial charge in [-0.1, -0.05) is 32.9 Å². The Labute approximate surface area is 221 Å². The molecule has 0 fully saturated rings. The third-order valence-corrected chi connectivity index (χ3v) is 6.64. The molecular formula is C28H32N4O4S. The van der Waals surface area contributed by atoms with Crippen molar-refractivity contribution in [1.82, 2.24) is 5.01 Å². The lowest BCUT2D eigenvalue weighted by Gasteiger charge is -2.20. The van der Waals surface area contributed by atoms with Gasteiger partial charge >= 0.3 is 0 Å². The van der Waals surface area contributed by atoms with Crippen LogP contribution < -0.4 is 14.2 Å². The van der Waals surface area contributed by atoms with Gasteiger partial charge in [0.25, 0.3) is 5.91 Å². The lowest BCUT2D eigenvalue weighted by Crippen LogP contribution is -2.35. The fraction of sp³-hybridized carbons (Fsp3) is 0.357. The minimum absolute atomic E-state index is 0.0140. The molecule has 37 heavy (non-hydrogen) atoms. The van der Waals surface area contributed by atoms with Crippen LogP contribution in [0.4, 0.5) is 0 Å². The van der Waals surface area contributed by atoms with E-state index in [1.54, 1.807) is 25.3 Å². The summed E-state index contributed by atoms with van der Waals surface area (Å²) in [5.41, 5.74) is 3.27. The Morgan fingerprint density at radius 1 is 1.11 bits per heavy atom. The van der Waals surface area contributed by atoms with E-state index in [1.807, 2.05) is 18.2 Å². The molecule has 1 N–H and O–H groups in total. The molecule has 0 aromatic heterocycles. The first-order chi connectivity index (χ1) is 17.8. The summed E-state index contributed by atoms with van der Waals surface area (Å²) in [6.45, 7) is 9.11. The summed E-state index contributed by atoms with van der Waals surface area (Å²) < 4.78 is 17.3. The van der Waals surface area contributed by atoms with E-state index < -0.39 is 5.91 Å². The third-order valence-electron chi connectivity index (χ3n) is 5.71. The van der Waals surface area contributed by atoms with Crippen molar-refractivity contribution in [2.24, 2.45) is 16.0 Å². The summed E-state index contributed by atoms with van der Waals surface area (Å²) in [7, 11) is 1.56. The zero-order valence-corrected chi connectivity index (χ0v) is 22.6. The second-order valence-corrected chi connectivity index (χ2v) is 10.3. The standard InChI is InChI=1S/C28H32N4O4S/c1-6-19-12-18(4)13-21(14-19)35-9-10-36-23-8-7-20(16-24(23)34-5)15-22-26(29)32-28(30-27(22)33)37-25(31-32)11-17(2)3/h7-8,12-17,29H,6,9-11H2,1-5H3/b22-15-,29-26?. The molecule has 2 aliphatic rings. The molecule has 0 saturated heterocycles. The summed E-state index contributed by atoms with van der Waals surface area (Å²) in [4.78, 5) is 16.9. The molecule has 2 aromatic rings. The molecule has 4 rings (SSSR count). The van der Waals surface area contributed by atoms with Crippen LogP contribution in [0, 0.1) is 18.3 Å². The van der Waals surface area contributed by atoms with Gasteiger partial charge in [0, 0.05) is 6.42 Å². The average molecular weight is 521 g/mol. The van der Waals surface area contributed by atoms with Gasteiger partial charge in [-0.2, -0.15) is 15.1 Å². The maximum atomic E-state index is 12.7. The van der Waals surface area contributed by atoms with E-state index >= 15 is 0 Å². The van der Waals surface area contributed by atoms with Gasteiger partial charge in [0.15, 0.2) is 17.3 Å². The highest BCUT2D eigenvalue weighted by molar-refractivity contribution is 8.26. The number of benzene rings is 2. The number of rotatable bonds is 10. The van der Waals surface area contributed by atoms with Crippen LogP contribution in [0.5, 0.6) is 17.2 Å². The van der Waals surface area contributed by atoms with Crippen molar-refractivity contribution < 1.29 is 19.0 Å². The Morgan fingerprint density at radius 2 is 1.89 bits per heavy atom. The van der Waals surface area contributed by atoms with Gasteiger partial charge in [-0.3, -0.25) is 10.2 Å². The van der Waals surface area contributed by atoms with E-state index in [4.69, 9.17) is 19.6 Å². The molecule has 2 heterocycles. The van der Waals surface area contributed by atoms with Crippen molar-refractivity contribution >= 4 is 39.8 Å². The molecule has 8 nitrogen and oxygen atoms in total. The molecule has 9 heteroatoms. The number of fused-ring (bicyclic) bond motifs is 1. The van der Waals surface area contributed by atoms with E-state index in [0.717, 1.165) is 23.6 Å². The molecule has 0 atom stereocenters. The molecule has 0 spiro atoms. The topological polar surface area (TPSA) is 96.6 Å². The number of ether oxygens (including phenoxy) is 3. The SMILES string of the molecule is CCc1cc(C)cc(OCCOc2ccc(/C=C3/C(=N)N4N=C(CC(C)C)SC4=NC3=O)cc2OC)c1. The van der Waals surface area contributed by atoms with Crippen LogP contribution in [0.1, 0.15) is 43.9 Å². The number of hydrazone groups is 1. The van der Waals surface area contributed by atoms with E-state index in [2.05, 4.69) is 43.9 Å². The van der Waals surface area contributed by atoms with Gasteiger partial charge in [0.05, 0.1) is 12.7 Å². The molecule has 0 radical (unpaired) electrons. The molecule has 194 valence electrons. The summed E-state index contributed by atoms with van der Waals surface area (Å²) in [6, 6.07) is 11.6. The van der Waals surface area contributed by atoms with Crippen molar-refractivity contribution in [2.45, 2.75) is 40.5 Å². The first-order valence-electron chi connectivity index (χ1n) is 12.3. The van der Waals surface area contributed by atoms with Crippen molar-refractivity contribution in [2.75, 3.05) is 20.3 Å². The van der Waals surface area contributed by atoms with Crippen LogP contribution in [0.2, 0.25) is 0 Å². The van der Waals surface area contributed by atoms with E-state index in [1.165, 1.54) is 27.9 Å². The Hall–Kier alpha value is -3.59. The number of amides is 1. The average Bonchev–Trinajstić information content (AvgIpc) is 3.26. The van der Waals surface area contributed by atoms with Crippen LogP contribution in [-0.4, -0.2) is 47.3 Å². The van der Waals surface area contributed by atoms with Crippen LogP contribution in [0.25, 0.3) is 6.08 Å². The van der Waals surface area contributed by atoms with Crippen molar-refractivity contribution in [3.63, 3.8) is 0 Å². The molecule has 0 unspecified atom stereocenters. The van der Waals surface area contributed by atoms with E-state index in [9.17, 15) is 4.79 Å². The fourth-order valence-electron chi connectivity index (χ4n) is 3.95. The predicted molar refractivity (Wildman–Crippen MR) is 149 cm³/mol. The van der Waals surface area contributed by atoms with E-state index in [0.29, 0.717) is 41.4 Å². The first kappa shape index (κ1) is 26.5. The molecule has 1 amide bonds. The van der Waals surface area contributed by atoms with Gasteiger partial charge < -0.3 is 14.2 Å². The van der Waals surface area contributed by atoms with Gasteiger partial charge in [-0.25, -0.2) is 0 Å². The largest absolute Gasteiger partial charge is 0.493 e. The lowest BCUT2D eigenvalue weighted by molar-refractivity contribution is -0.114. The Kier molecular flexibility index (Phi) is 8.33. The zero-order valence-electron chi connectivity index (χ0n) is 21.8. The number of aliphatic imine (C=N–C) groups is 1. The second-order valence-electron chi connectivity index (χ2n) is 9.23. The molecule has 0 bridgehead atoms. The van der Waals surface area contributed by atoms with Gasteiger partial charge in [0.2, 0.25) is 5.17 Å². The van der Waals surface area contributed by atoms with Crippen molar-refractivity contribution in [1.29, 1.82) is 5.41 Å². The number of thioether (sulfide) groups is 1. The van der Waals surface area contributed by atoms with E-state index in [-0.39, 0.29) is 11.4 Å². The summed E-state index contributed by atoms with van der Waals surface area (Å²) in [5, 5.41) is 15.8. The number of nitrogens with one attached hydrogen (secondary N) is 1. The maximum absolute atomic E-state index is 12.7. The lowest BCUT2D eigenvalue weighted by atomic mass is 10.1. The number of carbonyl (C=O) groups excluding carboxylic acids is 1. The van der Waals surface area contributed by atoms with Gasteiger partial charge in [-0.05, 0) is 78.1 Å². The summed E-state index contributed by atoms with van der Waals surface area (Å²) >= 11 is 1.35. The number of hydrogen-bond acceptors (Lipinski definition) is 7. The van der Waals surface area contributed by atoms with Crippen LogP contribution >= 0.6 is 11.8 Å². The number of aryl methyl sites for hydroxylation is 2. The molecule has 0 saturated carbocycles. The van der Waals surface area contributed by atoms with Crippen LogP contribution in [0.15, 0.2) is 52.1 Å². The number of hydrogen-bond donors (Lipinski definition) is 1. The second kappa shape index (κ2) is 11.6. The first-order valence-corrected chi connectivity index (χ1v) is 13.1. The minimum Gasteiger partial charge on any atom is -0.493 e. The number of amidine groups is 2. The van der Waals surface area contributed by atoms with Crippen molar-refractivity contribution in [3.05, 3.63) is 58.7 Å². The minimum atomic E-state index is -0.455. The molecule has 0 aliphatic carbocycles. The zero-order chi connectivity index (χ0) is 26.5. The normalized spacial score (nSPS) is 16.2. The highest BCUT2D eigenvalue weighted by atomic mass is 32.2. The number of carbonyl (C=O) groups is 1. The number of methoxy groups -OCH3 is 1.